The van der Waals surface area contributed by atoms with Gasteiger partial charge in [-0.05, 0) is 13.8 Å². The van der Waals surface area contributed by atoms with Crippen LogP contribution in [0.1, 0.15) is 13.8 Å². The van der Waals surface area contributed by atoms with Gasteiger partial charge in [0.05, 0.1) is 5.03 Å². The van der Waals surface area contributed by atoms with Gasteiger partial charge in [-0.1, -0.05) is 17.2 Å². The van der Waals surface area contributed by atoms with Crippen LogP contribution in [-0.4, -0.2) is 6.29 Å². The van der Waals surface area contributed by atoms with E-state index >= 15 is 0 Å². The Morgan fingerprint density at radius 1 is 1.57 bits per heavy atom. The molecule has 0 aliphatic carbocycles. The van der Waals surface area contributed by atoms with Gasteiger partial charge in [0.25, 0.3) is 0 Å². The molecule has 2 heteroatoms. The summed E-state index contributed by atoms with van der Waals surface area (Å²) in [5.41, 5.74) is 0.802. The summed E-state index contributed by atoms with van der Waals surface area (Å²) < 4.78 is 0. The van der Waals surface area contributed by atoms with Crippen LogP contribution in [0.25, 0.3) is 0 Å². The van der Waals surface area contributed by atoms with Crippen molar-refractivity contribution in [3.8, 4) is 0 Å². The van der Waals surface area contributed by atoms with E-state index in [0.717, 1.165) is 5.57 Å². The normalized spacial score (nSPS) is 7.86. The van der Waals surface area contributed by atoms with Gasteiger partial charge in [0.1, 0.15) is 0 Å². The molecule has 0 aromatic rings. The second-order valence-electron chi connectivity index (χ2n) is 1.42. The van der Waals surface area contributed by atoms with Crippen molar-refractivity contribution >= 4 is 17.9 Å². The minimum absolute atomic E-state index is 0.181. The molecule has 0 amide bonds. The van der Waals surface area contributed by atoms with E-state index in [9.17, 15) is 4.79 Å². The van der Waals surface area contributed by atoms with Gasteiger partial charge in [-0.25, -0.2) is 0 Å². The largest absolute Gasteiger partial charge is 0.284 e. The molecule has 0 rings (SSSR count). The van der Waals surface area contributed by atoms with Gasteiger partial charge in [-0.15, -0.1) is 0 Å². The maximum absolute atomic E-state index is 9.63. The third-order valence-corrected chi connectivity index (χ3v) is 0.984. The fourth-order valence-corrected chi connectivity index (χ4v) is 0.102. The SMILES string of the molecule is CC(C)=C(Cl)[C]=O. The summed E-state index contributed by atoms with van der Waals surface area (Å²) >= 11 is 5.26. The smallest absolute Gasteiger partial charge is 0.245 e. The molecule has 7 heavy (non-hydrogen) atoms. The standard InChI is InChI=1S/C5H6ClO/c1-4(2)5(6)3-7/h1-2H3. The quantitative estimate of drug-likeness (QED) is 0.477. The molecule has 0 aliphatic rings. The van der Waals surface area contributed by atoms with E-state index in [1.165, 1.54) is 0 Å². The summed E-state index contributed by atoms with van der Waals surface area (Å²) in [5.74, 6) is 0. The summed E-state index contributed by atoms with van der Waals surface area (Å²) in [5, 5.41) is 0.181. The lowest BCUT2D eigenvalue weighted by molar-refractivity contribution is 0.563. The maximum atomic E-state index is 9.63. The first-order valence-corrected chi connectivity index (χ1v) is 2.27. The molecule has 0 saturated heterocycles. The minimum atomic E-state index is 0.181. The highest BCUT2D eigenvalue weighted by Crippen LogP contribution is 2.02. The van der Waals surface area contributed by atoms with E-state index < -0.39 is 0 Å². The Labute approximate surface area is 48.0 Å². The van der Waals surface area contributed by atoms with Gasteiger partial charge in [0.2, 0.25) is 6.29 Å². The fraction of sp³-hybridized carbons (Fsp3) is 0.400. The molecule has 1 radical (unpaired) electrons. The molecule has 0 bridgehead atoms. The Morgan fingerprint density at radius 2 is 2.00 bits per heavy atom. The molecule has 0 saturated carbocycles. The molecule has 1 nitrogen and oxygen atoms in total. The zero-order chi connectivity index (χ0) is 5.86. The van der Waals surface area contributed by atoms with Crippen molar-refractivity contribution in [3.05, 3.63) is 10.6 Å². The Balaban J connectivity index is 3.98. The van der Waals surface area contributed by atoms with Crippen LogP contribution in [0.4, 0.5) is 0 Å². The Bertz CT molecular complexity index is 101. The van der Waals surface area contributed by atoms with Gasteiger partial charge in [0.15, 0.2) is 0 Å². The third kappa shape index (κ3) is 2.40. The summed E-state index contributed by atoms with van der Waals surface area (Å²) in [7, 11) is 0. The van der Waals surface area contributed by atoms with Crippen LogP contribution in [0.5, 0.6) is 0 Å². The number of hydrogen-bond acceptors (Lipinski definition) is 1. The van der Waals surface area contributed by atoms with E-state index in [1.54, 1.807) is 20.1 Å². The lowest BCUT2D eigenvalue weighted by atomic mass is 10.3. The Morgan fingerprint density at radius 3 is 2.00 bits per heavy atom. The van der Waals surface area contributed by atoms with Crippen molar-refractivity contribution < 1.29 is 4.79 Å². The van der Waals surface area contributed by atoms with Crippen molar-refractivity contribution in [1.82, 2.24) is 0 Å². The molecule has 0 heterocycles. The topological polar surface area (TPSA) is 17.1 Å². The molecule has 0 unspecified atom stereocenters. The number of hydrogen-bond donors (Lipinski definition) is 0. The van der Waals surface area contributed by atoms with E-state index in [1.807, 2.05) is 0 Å². The molecule has 0 N–H and O–H groups in total. The van der Waals surface area contributed by atoms with Gasteiger partial charge in [-0.2, -0.15) is 0 Å². The van der Waals surface area contributed by atoms with Crippen LogP contribution in [-0.2, 0) is 4.79 Å². The Hall–Kier alpha value is -0.300. The monoisotopic (exact) mass is 117 g/mol. The molecule has 0 atom stereocenters. The van der Waals surface area contributed by atoms with Gasteiger partial charge >= 0.3 is 0 Å². The van der Waals surface area contributed by atoms with Crippen LogP contribution in [0, 0.1) is 0 Å². The highest BCUT2D eigenvalue weighted by molar-refractivity contribution is 6.39. The van der Waals surface area contributed by atoms with Crippen molar-refractivity contribution in [1.29, 1.82) is 0 Å². The van der Waals surface area contributed by atoms with E-state index in [-0.39, 0.29) is 5.03 Å². The predicted molar refractivity (Wildman–Crippen MR) is 29.9 cm³/mol. The zero-order valence-corrected chi connectivity index (χ0v) is 5.04. The summed E-state index contributed by atoms with van der Waals surface area (Å²) in [4.78, 5) is 9.63. The Kier molecular flexibility index (Phi) is 2.68. The fourth-order valence-electron chi connectivity index (χ4n) is 0.102. The number of rotatable bonds is 1. The first-order chi connectivity index (χ1) is 3.18. The van der Waals surface area contributed by atoms with Gasteiger partial charge in [-0.3, -0.25) is 4.79 Å². The molecule has 39 valence electrons. The second kappa shape index (κ2) is 2.80. The predicted octanol–water partition coefficient (Wildman–Crippen LogP) is 1.63. The summed E-state index contributed by atoms with van der Waals surface area (Å²) in [6.07, 6.45) is 1.56. The van der Waals surface area contributed by atoms with Crippen LogP contribution in [0.2, 0.25) is 0 Å². The van der Waals surface area contributed by atoms with Crippen molar-refractivity contribution in [2.24, 2.45) is 0 Å². The van der Waals surface area contributed by atoms with Crippen LogP contribution in [0.15, 0.2) is 10.6 Å². The lowest BCUT2D eigenvalue weighted by Gasteiger charge is -1.82. The average Bonchev–Trinajstić information content (AvgIpc) is 1.65. The molecule has 0 spiro atoms. The van der Waals surface area contributed by atoms with Gasteiger partial charge in [0, 0.05) is 0 Å². The van der Waals surface area contributed by atoms with E-state index in [4.69, 9.17) is 11.6 Å². The number of allylic oxidation sites excluding steroid dienone is 2. The van der Waals surface area contributed by atoms with Crippen molar-refractivity contribution in [2.45, 2.75) is 13.8 Å². The summed E-state index contributed by atoms with van der Waals surface area (Å²) in [6.45, 7) is 3.51. The van der Waals surface area contributed by atoms with Crippen LogP contribution >= 0.6 is 11.6 Å². The molecular weight excluding hydrogens is 112 g/mol. The maximum Gasteiger partial charge on any atom is 0.245 e. The van der Waals surface area contributed by atoms with Crippen molar-refractivity contribution in [2.75, 3.05) is 0 Å². The van der Waals surface area contributed by atoms with Crippen LogP contribution in [0.3, 0.4) is 0 Å². The van der Waals surface area contributed by atoms with Crippen molar-refractivity contribution in [3.63, 3.8) is 0 Å². The van der Waals surface area contributed by atoms with E-state index in [0.29, 0.717) is 0 Å². The molecular formula is C5H6ClO. The lowest BCUT2D eigenvalue weighted by Crippen LogP contribution is -1.73. The highest BCUT2D eigenvalue weighted by atomic mass is 35.5. The van der Waals surface area contributed by atoms with Crippen LogP contribution < -0.4 is 0 Å². The number of halogens is 1. The second-order valence-corrected chi connectivity index (χ2v) is 1.79. The van der Waals surface area contributed by atoms with Gasteiger partial charge < -0.3 is 0 Å². The van der Waals surface area contributed by atoms with E-state index in [2.05, 4.69) is 0 Å². The first kappa shape index (κ1) is 6.70. The summed E-state index contributed by atoms with van der Waals surface area (Å²) in [6, 6.07) is 0. The molecule has 0 aliphatic heterocycles. The third-order valence-electron chi connectivity index (χ3n) is 0.529. The minimum Gasteiger partial charge on any atom is -0.284 e. The zero-order valence-electron chi connectivity index (χ0n) is 4.29. The number of carbonyl (C=O) groups excluding carboxylic acids is 1. The molecule has 0 aromatic heterocycles. The first-order valence-electron chi connectivity index (χ1n) is 1.89. The molecule has 0 fully saturated rings. The molecule has 0 aromatic carbocycles. The average molecular weight is 118 g/mol. The highest BCUT2D eigenvalue weighted by Gasteiger charge is 1.88.